The fourth-order valence-electron chi connectivity index (χ4n) is 1.96. The molecule has 2 N–H and O–H groups in total. The van der Waals surface area contributed by atoms with Crippen LogP contribution >= 0.6 is 0 Å². The molecule has 1 atom stereocenters. The zero-order valence-electron chi connectivity index (χ0n) is 13.0. The Hall–Kier alpha value is -1.98. The molecule has 1 heterocycles. The minimum atomic E-state index is -0.876. The van der Waals surface area contributed by atoms with E-state index in [-0.39, 0.29) is 12.5 Å². The summed E-state index contributed by atoms with van der Waals surface area (Å²) in [5, 5.41) is 11.6. The Morgan fingerprint density at radius 2 is 2.10 bits per heavy atom. The van der Waals surface area contributed by atoms with E-state index in [1.165, 1.54) is 0 Å². The van der Waals surface area contributed by atoms with Crippen LogP contribution in [0.1, 0.15) is 39.2 Å². The number of ether oxygens (including phenoxy) is 1. The summed E-state index contributed by atoms with van der Waals surface area (Å²) in [5.41, 5.74) is 0.470. The van der Waals surface area contributed by atoms with Gasteiger partial charge in [-0.15, -0.1) is 0 Å². The fourth-order valence-corrected chi connectivity index (χ4v) is 1.96. The maximum absolute atomic E-state index is 11.8. The average Bonchev–Trinajstić information content (AvgIpc) is 2.69. The number of alkyl carbamates (subject to hydrolysis) is 1. The van der Waals surface area contributed by atoms with Crippen LogP contribution in [-0.4, -0.2) is 33.4 Å². The second-order valence-electron chi connectivity index (χ2n) is 6.16. The van der Waals surface area contributed by atoms with Crippen molar-refractivity contribution in [2.75, 3.05) is 0 Å². The third kappa shape index (κ3) is 7.39. The molecule has 1 rings (SSSR count). The number of carboxylic acid groups (broad SMARTS) is 1. The lowest BCUT2D eigenvalue weighted by Crippen LogP contribution is -2.40. The molecule has 6 nitrogen and oxygen atoms in total. The van der Waals surface area contributed by atoms with Gasteiger partial charge in [-0.2, -0.15) is 0 Å². The number of nitrogens with one attached hydrogen (secondary N) is 1. The van der Waals surface area contributed by atoms with E-state index < -0.39 is 17.7 Å². The third-order valence-corrected chi connectivity index (χ3v) is 2.80. The molecule has 1 amide bonds. The molecular formula is C15H24N2O4. The minimum absolute atomic E-state index is 0.00724. The Balaban J connectivity index is 2.63. The number of amides is 1. The highest BCUT2D eigenvalue weighted by atomic mass is 16.6. The molecule has 0 saturated carbocycles. The second-order valence-corrected chi connectivity index (χ2v) is 6.16. The van der Waals surface area contributed by atoms with Crippen LogP contribution < -0.4 is 5.32 Å². The quantitative estimate of drug-likeness (QED) is 0.844. The van der Waals surface area contributed by atoms with Crippen LogP contribution in [-0.2, 0) is 23.0 Å². The Kier molecular flexibility index (Phi) is 5.81. The molecule has 0 aliphatic rings. The topological polar surface area (TPSA) is 80.6 Å². The lowest BCUT2D eigenvalue weighted by Gasteiger charge is -2.23. The Morgan fingerprint density at radius 3 is 2.57 bits per heavy atom. The van der Waals surface area contributed by atoms with E-state index in [2.05, 4.69) is 5.32 Å². The lowest BCUT2D eigenvalue weighted by atomic mass is 10.0. The van der Waals surface area contributed by atoms with Crippen molar-refractivity contribution in [3.63, 3.8) is 0 Å². The van der Waals surface area contributed by atoms with Gasteiger partial charge in [0.15, 0.2) is 0 Å². The van der Waals surface area contributed by atoms with Gasteiger partial charge in [-0.05, 0) is 45.2 Å². The SMILES string of the molecule is Cn1ccc(CC(CCC(=O)O)NC(=O)OC(C)(C)C)c1. The van der Waals surface area contributed by atoms with Crippen molar-refractivity contribution in [3.8, 4) is 0 Å². The van der Waals surface area contributed by atoms with Gasteiger partial charge in [0, 0.05) is 31.9 Å². The second kappa shape index (κ2) is 7.15. The zero-order valence-corrected chi connectivity index (χ0v) is 13.0. The van der Waals surface area contributed by atoms with Gasteiger partial charge in [0.1, 0.15) is 5.60 Å². The van der Waals surface area contributed by atoms with E-state index in [9.17, 15) is 9.59 Å². The van der Waals surface area contributed by atoms with Gasteiger partial charge < -0.3 is 19.7 Å². The maximum Gasteiger partial charge on any atom is 0.407 e. The van der Waals surface area contributed by atoms with E-state index >= 15 is 0 Å². The monoisotopic (exact) mass is 296 g/mol. The number of carboxylic acids is 1. The first-order chi connectivity index (χ1) is 9.65. The van der Waals surface area contributed by atoms with Gasteiger partial charge >= 0.3 is 12.1 Å². The van der Waals surface area contributed by atoms with Crippen molar-refractivity contribution in [1.29, 1.82) is 0 Å². The van der Waals surface area contributed by atoms with E-state index in [1.54, 1.807) is 20.8 Å². The first kappa shape index (κ1) is 17.1. The van der Waals surface area contributed by atoms with E-state index in [1.807, 2.05) is 30.1 Å². The van der Waals surface area contributed by atoms with Crippen molar-refractivity contribution in [3.05, 3.63) is 24.0 Å². The fraction of sp³-hybridized carbons (Fsp3) is 0.600. The number of hydrogen-bond donors (Lipinski definition) is 2. The molecule has 0 fully saturated rings. The normalized spacial score (nSPS) is 12.8. The van der Waals surface area contributed by atoms with Crippen LogP contribution in [0.5, 0.6) is 0 Å². The van der Waals surface area contributed by atoms with Crippen LogP contribution in [0.2, 0.25) is 0 Å². The van der Waals surface area contributed by atoms with Gasteiger partial charge in [-0.3, -0.25) is 4.79 Å². The van der Waals surface area contributed by atoms with E-state index in [0.717, 1.165) is 5.56 Å². The molecule has 118 valence electrons. The summed E-state index contributed by atoms with van der Waals surface area (Å²) >= 11 is 0. The molecule has 0 radical (unpaired) electrons. The zero-order chi connectivity index (χ0) is 16.0. The Morgan fingerprint density at radius 1 is 1.43 bits per heavy atom. The number of carbonyl (C=O) groups is 2. The summed E-state index contributed by atoms with van der Waals surface area (Å²) in [5.74, 6) is -0.876. The number of aromatic nitrogens is 1. The van der Waals surface area contributed by atoms with Gasteiger partial charge in [0.2, 0.25) is 0 Å². The van der Waals surface area contributed by atoms with Crippen molar-refractivity contribution in [1.82, 2.24) is 9.88 Å². The standard InChI is InChI=1S/C15H24N2O4/c1-15(2,3)21-14(20)16-12(5-6-13(18)19)9-11-7-8-17(4)10-11/h7-8,10,12H,5-6,9H2,1-4H3,(H,16,20)(H,18,19). The van der Waals surface area contributed by atoms with Gasteiger partial charge in [0.05, 0.1) is 0 Å². The van der Waals surface area contributed by atoms with Crippen molar-refractivity contribution in [2.24, 2.45) is 7.05 Å². The van der Waals surface area contributed by atoms with Crippen LogP contribution in [0.4, 0.5) is 4.79 Å². The van der Waals surface area contributed by atoms with Crippen molar-refractivity contribution < 1.29 is 19.4 Å². The highest BCUT2D eigenvalue weighted by Gasteiger charge is 2.20. The molecule has 6 heteroatoms. The summed E-state index contributed by atoms with van der Waals surface area (Å²) in [6.07, 6.45) is 4.29. The lowest BCUT2D eigenvalue weighted by molar-refractivity contribution is -0.137. The highest BCUT2D eigenvalue weighted by molar-refractivity contribution is 5.69. The molecule has 0 aromatic carbocycles. The number of rotatable bonds is 6. The largest absolute Gasteiger partial charge is 0.481 e. The van der Waals surface area contributed by atoms with Gasteiger partial charge in [0.25, 0.3) is 0 Å². The number of carbonyl (C=O) groups excluding carboxylic acids is 1. The van der Waals surface area contributed by atoms with Crippen LogP contribution in [0, 0.1) is 0 Å². The maximum atomic E-state index is 11.8. The molecule has 0 saturated heterocycles. The summed E-state index contributed by atoms with van der Waals surface area (Å²) in [4.78, 5) is 22.6. The molecule has 1 aromatic rings. The summed E-state index contributed by atoms with van der Waals surface area (Å²) in [7, 11) is 1.91. The Labute approximate surface area is 125 Å². The molecule has 0 spiro atoms. The number of aryl methyl sites for hydroxylation is 1. The van der Waals surface area contributed by atoms with Crippen LogP contribution in [0.15, 0.2) is 18.5 Å². The van der Waals surface area contributed by atoms with Gasteiger partial charge in [-0.1, -0.05) is 0 Å². The molecule has 0 aliphatic heterocycles. The Bertz CT molecular complexity index is 488. The number of aliphatic carboxylic acids is 1. The number of nitrogens with zero attached hydrogens (tertiary/aromatic N) is 1. The van der Waals surface area contributed by atoms with Crippen molar-refractivity contribution in [2.45, 2.75) is 51.7 Å². The molecular weight excluding hydrogens is 272 g/mol. The molecule has 0 aliphatic carbocycles. The summed E-state index contributed by atoms with van der Waals surface area (Å²) in [6, 6.07) is 1.68. The predicted molar refractivity (Wildman–Crippen MR) is 79.1 cm³/mol. The first-order valence-electron chi connectivity index (χ1n) is 6.98. The van der Waals surface area contributed by atoms with Crippen LogP contribution in [0.25, 0.3) is 0 Å². The molecule has 1 unspecified atom stereocenters. The first-order valence-corrected chi connectivity index (χ1v) is 6.98. The minimum Gasteiger partial charge on any atom is -0.481 e. The third-order valence-electron chi connectivity index (χ3n) is 2.80. The smallest absolute Gasteiger partial charge is 0.407 e. The average molecular weight is 296 g/mol. The summed E-state index contributed by atoms with van der Waals surface area (Å²) in [6.45, 7) is 5.36. The van der Waals surface area contributed by atoms with E-state index in [4.69, 9.17) is 9.84 Å². The molecule has 0 bridgehead atoms. The number of hydrogen-bond acceptors (Lipinski definition) is 3. The van der Waals surface area contributed by atoms with Crippen molar-refractivity contribution >= 4 is 12.1 Å². The van der Waals surface area contributed by atoms with Crippen LogP contribution in [0.3, 0.4) is 0 Å². The molecule has 21 heavy (non-hydrogen) atoms. The van der Waals surface area contributed by atoms with Gasteiger partial charge in [-0.25, -0.2) is 4.79 Å². The highest BCUT2D eigenvalue weighted by Crippen LogP contribution is 2.11. The molecule has 1 aromatic heterocycles. The summed E-state index contributed by atoms with van der Waals surface area (Å²) < 4.78 is 7.13. The predicted octanol–water partition coefficient (Wildman–Crippen LogP) is 2.33. The van der Waals surface area contributed by atoms with E-state index in [0.29, 0.717) is 12.8 Å².